The molecule has 0 atom stereocenters. The Balaban J connectivity index is 0.00000208. The van der Waals surface area contributed by atoms with Crippen LogP contribution in [0.25, 0.3) is 0 Å². The van der Waals surface area contributed by atoms with Gasteiger partial charge in [-0.05, 0) is 32.7 Å². The molecule has 2 aliphatic rings. The van der Waals surface area contributed by atoms with Gasteiger partial charge in [0.25, 0.3) is 0 Å². The number of rotatable bonds is 4. The van der Waals surface area contributed by atoms with E-state index in [0.717, 1.165) is 51.3 Å². The molecule has 0 radical (unpaired) electrons. The van der Waals surface area contributed by atoms with Crippen molar-refractivity contribution in [3.8, 4) is 0 Å². The molecule has 1 amide bonds. The van der Waals surface area contributed by atoms with E-state index in [1.54, 1.807) is 4.57 Å². The lowest BCUT2D eigenvalue weighted by molar-refractivity contribution is -0.131. The Hall–Kier alpha value is -1.60. The van der Waals surface area contributed by atoms with Crippen LogP contribution in [-0.4, -0.2) is 51.8 Å². The number of piperidine rings is 1. The monoisotopic (exact) mass is 355 g/mol. The second-order valence-electron chi connectivity index (χ2n) is 6.28. The molecule has 2 N–H and O–H groups in total. The van der Waals surface area contributed by atoms with E-state index in [1.165, 1.54) is 5.57 Å². The van der Waals surface area contributed by atoms with Crippen LogP contribution in [0.1, 0.15) is 44.3 Å². The van der Waals surface area contributed by atoms with E-state index < -0.39 is 0 Å². The number of halogens is 1. The second kappa shape index (κ2) is 8.48. The lowest BCUT2D eigenvalue weighted by atomic mass is 9.95. The SMILES string of the molecule is CCn1c(C2CCN(C(=O)CC3=CCNCC3)CC2)n[nH]c1=O.Cl. The minimum absolute atomic E-state index is 0. The van der Waals surface area contributed by atoms with E-state index >= 15 is 0 Å². The Kier molecular flexibility index (Phi) is 6.62. The fourth-order valence-corrected chi connectivity index (χ4v) is 3.47. The lowest BCUT2D eigenvalue weighted by Gasteiger charge is -2.32. The smallest absolute Gasteiger partial charge is 0.342 e. The van der Waals surface area contributed by atoms with E-state index in [1.807, 2.05) is 11.8 Å². The largest absolute Gasteiger partial charge is 0.343 e. The van der Waals surface area contributed by atoms with Crippen LogP contribution in [0, 0.1) is 0 Å². The summed E-state index contributed by atoms with van der Waals surface area (Å²) >= 11 is 0. The van der Waals surface area contributed by atoms with E-state index in [0.29, 0.717) is 13.0 Å². The van der Waals surface area contributed by atoms with E-state index in [4.69, 9.17) is 0 Å². The van der Waals surface area contributed by atoms with Crippen molar-refractivity contribution >= 4 is 18.3 Å². The third-order valence-corrected chi connectivity index (χ3v) is 4.85. The average molecular weight is 356 g/mol. The Morgan fingerprint density at radius 3 is 2.75 bits per heavy atom. The zero-order valence-electron chi connectivity index (χ0n) is 14.1. The molecule has 3 heterocycles. The third kappa shape index (κ3) is 4.08. The molecular formula is C16H26ClN5O2. The number of aromatic amines is 1. The summed E-state index contributed by atoms with van der Waals surface area (Å²) in [5.74, 6) is 1.33. The Morgan fingerprint density at radius 1 is 1.38 bits per heavy atom. The fourth-order valence-electron chi connectivity index (χ4n) is 3.47. The highest BCUT2D eigenvalue weighted by atomic mass is 35.5. The number of amides is 1. The molecule has 134 valence electrons. The standard InChI is InChI=1S/C16H25N5O2.ClH/c1-2-21-15(18-19-16(21)23)13-5-9-20(10-6-13)14(22)11-12-3-7-17-8-4-12;/h3,13,17H,2,4-11H2,1H3,(H,19,23);1H. The van der Waals surface area contributed by atoms with Crippen LogP contribution in [0.3, 0.4) is 0 Å². The van der Waals surface area contributed by atoms with Crippen molar-refractivity contribution < 1.29 is 4.79 Å². The van der Waals surface area contributed by atoms with Gasteiger partial charge in [0.1, 0.15) is 5.82 Å². The molecule has 0 spiro atoms. The summed E-state index contributed by atoms with van der Waals surface area (Å²) in [6, 6.07) is 0. The van der Waals surface area contributed by atoms with Crippen LogP contribution in [-0.2, 0) is 11.3 Å². The van der Waals surface area contributed by atoms with Crippen LogP contribution in [0.4, 0.5) is 0 Å². The number of hydrogen-bond donors (Lipinski definition) is 2. The van der Waals surface area contributed by atoms with Crippen molar-refractivity contribution in [1.29, 1.82) is 0 Å². The maximum atomic E-state index is 12.4. The third-order valence-electron chi connectivity index (χ3n) is 4.85. The molecule has 1 saturated heterocycles. The first-order chi connectivity index (χ1) is 11.2. The second-order valence-corrected chi connectivity index (χ2v) is 6.28. The molecule has 1 aromatic rings. The van der Waals surface area contributed by atoms with Gasteiger partial charge >= 0.3 is 5.69 Å². The topological polar surface area (TPSA) is 83.0 Å². The predicted molar refractivity (Wildman–Crippen MR) is 94.5 cm³/mol. The summed E-state index contributed by atoms with van der Waals surface area (Å²) in [6.45, 7) is 5.92. The van der Waals surface area contributed by atoms with Gasteiger partial charge in [0.05, 0.1) is 0 Å². The zero-order valence-corrected chi connectivity index (χ0v) is 14.9. The molecule has 24 heavy (non-hydrogen) atoms. The first-order valence-corrected chi connectivity index (χ1v) is 8.50. The number of carbonyl (C=O) groups is 1. The van der Waals surface area contributed by atoms with Crippen molar-refractivity contribution in [1.82, 2.24) is 25.0 Å². The van der Waals surface area contributed by atoms with Crippen molar-refractivity contribution in [3.63, 3.8) is 0 Å². The molecule has 3 rings (SSSR count). The molecule has 0 unspecified atom stereocenters. The number of H-pyrrole nitrogens is 1. The van der Waals surface area contributed by atoms with Gasteiger partial charge in [-0.2, -0.15) is 5.10 Å². The molecule has 0 bridgehead atoms. The van der Waals surface area contributed by atoms with Crippen molar-refractivity contribution in [2.75, 3.05) is 26.2 Å². The van der Waals surface area contributed by atoms with Crippen LogP contribution in [0.5, 0.6) is 0 Å². The highest BCUT2D eigenvalue weighted by Gasteiger charge is 2.27. The van der Waals surface area contributed by atoms with Gasteiger partial charge in [-0.15, -0.1) is 12.4 Å². The van der Waals surface area contributed by atoms with Gasteiger partial charge in [0.15, 0.2) is 0 Å². The summed E-state index contributed by atoms with van der Waals surface area (Å²) in [4.78, 5) is 26.1. The highest BCUT2D eigenvalue weighted by molar-refractivity contribution is 5.85. The maximum Gasteiger partial charge on any atom is 0.343 e. The first kappa shape index (κ1) is 18.7. The van der Waals surface area contributed by atoms with Crippen LogP contribution >= 0.6 is 12.4 Å². The lowest BCUT2D eigenvalue weighted by Crippen LogP contribution is -2.39. The molecule has 1 fully saturated rings. The summed E-state index contributed by atoms with van der Waals surface area (Å²) in [5, 5.41) is 9.98. The number of nitrogens with zero attached hydrogens (tertiary/aromatic N) is 3. The number of aromatic nitrogens is 3. The minimum Gasteiger partial charge on any atom is -0.342 e. The maximum absolute atomic E-state index is 12.4. The van der Waals surface area contributed by atoms with Gasteiger partial charge in [-0.1, -0.05) is 11.6 Å². The number of likely N-dealkylation sites (tertiary alicyclic amines) is 1. The van der Waals surface area contributed by atoms with Gasteiger partial charge < -0.3 is 10.2 Å². The fraction of sp³-hybridized carbons (Fsp3) is 0.688. The summed E-state index contributed by atoms with van der Waals surface area (Å²) in [5.41, 5.74) is 1.11. The summed E-state index contributed by atoms with van der Waals surface area (Å²) in [7, 11) is 0. The van der Waals surface area contributed by atoms with E-state index in [-0.39, 0.29) is 29.9 Å². The van der Waals surface area contributed by atoms with Gasteiger partial charge in [-0.3, -0.25) is 9.36 Å². The molecule has 0 saturated carbocycles. The Labute approximate surface area is 147 Å². The highest BCUT2D eigenvalue weighted by Crippen LogP contribution is 2.26. The minimum atomic E-state index is -0.140. The molecule has 0 aromatic carbocycles. The van der Waals surface area contributed by atoms with Crippen LogP contribution < -0.4 is 11.0 Å². The van der Waals surface area contributed by atoms with Gasteiger partial charge in [0.2, 0.25) is 5.91 Å². The zero-order chi connectivity index (χ0) is 16.2. The van der Waals surface area contributed by atoms with Crippen molar-refractivity contribution in [3.05, 3.63) is 28.0 Å². The number of carbonyl (C=O) groups excluding carboxylic acids is 1. The quantitative estimate of drug-likeness (QED) is 0.790. The number of hydrogen-bond acceptors (Lipinski definition) is 4. The Morgan fingerprint density at radius 2 is 2.12 bits per heavy atom. The Bertz CT molecular complexity index is 643. The summed E-state index contributed by atoms with van der Waals surface area (Å²) < 4.78 is 1.70. The molecule has 1 aromatic heterocycles. The first-order valence-electron chi connectivity index (χ1n) is 8.50. The van der Waals surface area contributed by atoms with E-state index in [2.05, 4.69) is 21.6 Å². The van der Waals surface area contributed by atoms with Crippen LogP contribution in [0.2, 0.25) is 0 Å². The predicted octanol–water partition coefficient (Wildman–Crippen LogP) is 1.03. The molecule has 8 heteroatoms. The average Bonchev–Trinajstić information content (AvgIpc) is 2.96. The summed E-state index contributed by atoms with van der Waals surface area (Å²) in [6.07, 6.45) is 5.40. The van der Waals surface area contributed by atoms with Crippen molar-refractivity contribution in [2.45, 2.75) is 45.1 Å². The normalized spacial score (nSPS) is 18.9. The van der Waals surface area contributed by atoms with Crippen molar-refractivity contribution in [2.24, 2.45) is 0 Å². The van der Waals surface area contributed by atoms with E-state index in [9.17, 15) is 9.59 Å². The molecular weight excluding hydrogens is 330 g/mol. The molecule has 7 nitrogen and oxygen atoms in total. The van der Waals surface area contributed by atoms with Gasteiger partial charge in [-0.25, -0.2) is 9.89 Å². The molecule has 0 aliphatic carbocycles. The number of nitrogens with one attached hydrogen (secondary N) is 2. The molecule has 2 aliphatic heterocycles. The van der Waals surface area contributed by atoms with Gasteiger partial charge in [0, 0.05) is 38.5 Å². The van der Waals surface area contributed by atoms with Crippen LogP contribution in [0.15, 0.2) is 16.4 Å².